The number of rotatable bonds is 4. The van der Waals surface area contributed by atoms with Gasteiger partial charge in [-0.3, -0.25) is 4.68 Å². The first kappa shape index (κ1) is 14.5. The van der Waals surface area contributed by atoms with E-state index in [-0.39, 0.29) is 6.04 Å². The van der Waals surface area contributed by atoms with Gasteiger partial charge in [0.05, 0.1) is 26.7 Å². The number of hydrogen-bond acceptors (Lipinski definition) is 3. The Kier molecular flexibility index (Phi) is 4.88. The monoisotopic (exact) mass is 411 g/mol. The lowest BCUT2D eigenvalue weighted by Gasteiger charge is -2.16. The Balaban J connectivity index is 2.47. The molecule has 18 heavy (non-hydrogen) atoms. The van der Waals surface area contributed by atoms with E-state index in [2.05, 4.69) is 55.3 Å². The third kappa shape index (κ3) is 2.67. The predicted octanol–water partition coefficient (Wildman–Crippen LogP) is 4.45. The highest BCUT2D eigenvalue weighted by Gasteiger charge is 2.22. The summed E-state index contributed by atoms with van der Waals surface area (Å²) in [5.41, 5.74) is 1.00. The summed E-state index contributed by atoms with van der Waals surface area (Å²) in [7, 11) is 1.93. The topological polar surface area (TPSA) is 29.9 Å². The van der Waals surface area contributed by atoms with Gasteiger partial charge >= 0.3 is 0 Å². The van der Waals surface area contributed by atoms with Crippen LogP contribution in [0, 0.1) is 0 Å². The molecule has 2 aromatic heterocycles. The van der Waals surface area contributed by atoms with Crippen LogP contribution < -0.4 is 5.32 Å². The van der Waals surface area contributed by atoms with Gasteiger partial charge in [-0.2, -0.15) is 5.10 Å². The lowest BCUT2D eigenvalue weighted by molar-refractivity contribution is 0.568. The largest absolute Gasteiger partial charge is 0.307 e. The van der Waals surface area contributed by atoms with Crippen LogP contribution in [0.15, 0.2) is 20.5 Å². The molecule has 0 saturated carbocycles. The minimum atomic E-state index is 0.0487. The molecule has 2 rings (SSSR count). The van der Waals surface area contributed by atoms with E-state index in [0.717, 1.165) is 20.5 Å². The molecule has 0 radical (unpaired) electrons. The third-order valence-electron chi connectivity index (χ3n) is 2.64. The Bertz CT molecular complexity index is 533. The first-order chi connectivity index (χ1) is 8.58. The van der Waals surface area contributed by atoms with Crippen molar-refractivity contribution in [1.29, 1.82) is 0 Å². The zero-order valence-electron chi connectivity index (χ0n) is 9.88. The number of nitrogens with zero attached hydrogens (tertiary/aromatic N) is 2. The van der Waals surface area contributed by atoms with Crippen LogP contribution in [0.4, 0.5) is 0 Å². The molecule has 7 heteroatoms. The lowest BCUT2D eigenvalue weighted by atomic mass is 10.1. The van der Waals surface area contributed by atoms with Crippen molar-refractivity contribution >= 4 is 54.8 Å². The molecule has 1 unspecified atom stereocenters. The van der Waals surface area contributed by atoms with Gasteiger partial charge in [-0.25, -0.2) is 0 Å². The number of thiophene rings is 1. The van der Waals surface area contributed by atoms with E-state index in [1.807, 2.05) is 11.7 Å². The molecular weight excluding hydrogens is 401 g/mol. The quantitative estimate of drug-likeness (QED) is 0.803. The van der Waals surface area contributed by atoms with Crippen molar-refractivity contribution < 1.29 is 0 Å². The number of aromatic nitrogens is 2. The summed E-state index contributed by atoms with van der Waals surface area (Å²) >= 11 is 15.0. The predicted molar refractivity (Wildman–Crippen MR) is 83.5 cm³/mol. The highest BCUT2D eigenvalue weighted by molar-refractivity contribution is 9.13. The summed E-state index contributed by atoms with van der Waals surface area (Å²) in [5, 5.41) is 8.28. The maximum Gasteiger partial charge on any atom is 0.0855 e. The van der Waals surface area contributed by atoms with Crippen LogP contribution in [-0.2, 0) is 6.54 Å². The van der Waals surface area contributed by atoms with Gasteiger partial charge in [0.2, 0.25) is 0 Å². The maximum absolute atomic E-state index is 6.25. The molecule has 1 atom stereocenters. The van der Waals surface area contributed by atoms with Crippen molar-refractivity contribution in [3.63, 3.8) is 0 Å². The van der Waals surface area contributed by atoms with Gasteiger partial charge < -0.3 is 5.32 Å². The number of hydrogen-bond donors (Lipinski definition) is 1. The first-order valence-electron chi connectivity index (χ1n) is 5.41. The molecule has 98 valence electrons. The van der Waals surface area contributed by atoms with Crippen molar-refractivity contribution in [2.75, 3.05) is 7.05 Å². The van der Waals surface area contributed by atoms with Crippen molar-refractivity contribution in [3.8, 4) is 0 Å². The van der Waals surface area contributed by atoms with E-state index in [4.69, 9.17) is 11.6 Å². The van der Waals surface area contributed by atoms with Crippen LogP contribution >= 0.6 is 54.8 Å². The average Bonchev–Trinajstić information content (AvgIpc) is 2.86. The molecule has 0 fully saturated rings. The summed E-state index contributed by atoms with van der Waals surface area (Å²) < 4.78 is 4.06. The summed E-state index contributed by atoms with van der Waals surface area (Å²) in [6, 6.07) is 2.15. The van der Waals surface area contributed by atoms with Crippen LogP contribution in [-0.4, -0.2) is 16.8 Å². The number of aryl methyl sites for hydroxylation is 1. The lowest BCUT2D eigenvalue weighted by Crippen LogP contribution is -2.20. The van der Waals surface area contributed by atoms with Crippen molar-refractivity contribution in [1.82, 2.24) is 15.1 Å². The third-order valence-corrected chi connectivity index (χ3v) is 6.26. The minimum absolute atomic E-state index is 0.0487. The Morgan fingerprint density at radius 2 is 2.28 bits per heavy atom. The first-order valence-corrected chi connectivity index (χ1v) is 8.19. The van der Waals surface area contributed by atoms with Gasteiger partial charge in [0.15, 0.2) is 0 Å². The summed E-state index contributed by atoms with van der Waals surface area (Å²) in [4.78, 5) is 1.19. The molecule has 0 amide bonds. The molecule has 0 saturated heterocycles. The van der Waals surface area contributed by atoms with E-state index < -0.39 is 0 Å². The van der Waals surface area contributed by atoms with Gasteiger partial charge in [-0.1, -0.05) is 11.6 Å². The molecule has 0 aliphatic carbocycles. The SMILES string of the molecule is CCn1ncc(Cl)c1C(NC)c1cc(Br)c(Br)s1. The Morgan fingerprint density at radius 3 is 2.78 bits per heavy atom. The van der Waals surface area contributed by atoms with Crippen LogP contribution in [0.3, 0.4) is 0 Å². The second-order valence-electron chi connectivity index (χ2n) is 3.69. The molecule has 0 aliphatic heterocycles. The molecular formula is C11H12Br2ClN3S. The van der Waals surface area contributed by atoms with Crippen molar-refractivity contribution in [2.45, 2.75) is 19.5 Å². The molecule has 0 aliphatic rings. The highest BCUT2D eigenvalue weighted by Crippen LogP contribution is 2.38. The summed E-state index contributed by atoms with van der Waals surface area (Å²) in [6.45, 7) is 2.85. The molecule has 1 N–H and O–H groups in total. The Labute approximate surface area is 132 Å². The fourth-order valence-corrected chi connectivity index (χ4v) is 4.28. The molecule has 2 heterocycles. The maximum atomic E-state index is 6.25. The van der Waals surface area contributed by atoms with E-state index in [1.54, 1.807) is 17.5 Å². The molecule has 0 aromatic carbocycles. The molecule has 0 spiro atoms. The van der Waals surface area contributed by atoms with Gasteiger partial charge in [-0.15, -0.1) is 11.3 Å². The van der Waals surface area contributed by atoms with E-state index in [1.165, 1.54) is 4.88 Å². The second kappa shape index (κ2) is 6.05. The molecule has 2 aromatic rings. The summed E-state index contributed by atoms with van der Waals surface area (Å²) in [6.07, 6.45) is 1.70. The van der Waals surface area contributed by atoms with Gasteiger partial charge in [0, 0.05) is 15.9 Å². The van der Waals surface area contributed by atoms with E-state index in [9.17, 15) is 0 Å². The zero-order chi connectivity index (χ0) is 13.3. The molecule has 0 bridgehead atoms. The fraction of sp³-hybridized carbons (Fsp3) is 0.364. The highest BCUT2D eigenvalue weighted by atomic mass is 79.9. The van der Waals surface area contributed by atoms with Crippen LogP contribution in [0.5, 0.6) is 0 Å². The van der Waals surface area contributed by atoms with Crippen LogP contribution in [0.1, 0.15) is 23.5 Å². The minimum Gasteiger partial charge on any atom is -0.307 e. The van der Waals surface area contributed by atoms with E-state index >= 15 is 0 Å². The second-order valence-corrected chi connectivity index (χ2v) is 7.35. The standard InChI is InChI=1S/C11H12Br2ClN3S/c1-3-17-10(7(14)5-16-17)9(15-2)8-4-6(12)11(13)18-8/h4-5,9,15H,3H2,1-2H3. The average molecular weight is 414 g/mol. The van der Waals surface area contributed by atoms with Crippen molar-refractivity contribution in [3.05, 3.63) is 36.1 Å². The zero-order valence-corrected chi connectivity index (χ0v) is 14.6. The Hall–Kier alpha value is 0.120. The normalized spacial score (nSPS) is 12.9. The number of nitrogens with one attached hydrogen (secondary N) is 1. The Morgan fingerprint density at radius 1 is 1.56 bits per heavy atom. The molecule has 3 nitrogen and oxygen atoms in total. The number of halogens is 3. The van der Waals surface area contributed by atoms with Gasteiger partial charge in [0.1, 0.15) is 0 Å². The van der Waals surface area contributed by atoms with E-state index in [0.29, 0.717) is 5.02 Å². The van der Waals surface area contributed by atoms with Gasteiger partial charge in [0.25, 0.3) is 0 Å². The summed E-state index contributed by atoms with van der Waals surface area (Å²) in [5.74, 6) is 0. The smallest absolute Gasteiger partial charge is 0.0855 e. The van der Waals surface area contributed by atoms with Gasteiger partial charge in [-0.05, 0) is 51.9 Å². The van der Waals surface area contributed by atoms with Crippen molar-refractivity contribution in [2.24, 2.45) is 0 Å². The van der Waals surface area contributed by atoms with Crippen LogP contribution in [0.2, 0.25) is 5.02 Å². The van der Waals surface area contributed by atoms with Crippen LogP contribution in [0.25, 0.3) is 0 Å². The fourth-order valence-electron chi connectivity index (χ4n) is 1.83.